The molecule has 1 N–H and O–H groups in total. The largest absolute Gasteiger partial charge is 0.492 e. The molecule has 7 nitrogen and oxygen atoms in total. The van der Waals surface area contributed by atoms with E-state index in [0.29, 0.717) is 43.1 Å². The molecule has 1 aromatic heterocycles. The van der Waals surface area contributed by atoms with Crippen molar-refractivity contribution >= 4 is 11.8 Å². The quantitative estimate of drug-likeness (QED) is 0.754. The number of piperidine rings is 1. The topological polar surface area (TPSA) is 84.4 Å². The number of carbonyl (C=O) groups excluding carboxylic acids is 2. The van der Waals surface area contributed by atoms with Crippen LogP contribution in [-0.2, 0) is 0 Å². The van der Waals surface area contributed by atoms with Crippen molar-refractivity contribution in [2.24, 2.45) is 5.92 Å². The van der Waals surface area contributed by atoms with Crippen LogP contribution in [0.5, 0.6) is 5.75 Å². The summed E-state index contributed by atoms with van der Waals surface area (Å²) in [4.78, 5) is 35.6. The van der Waals surface area contributed by atoms with Crippen LogP contribution in [-0.4, -0.2) is 52.4 Å². The molecule has 4 rings (SSSR count). The lowest BCUT2D eigenvalue weighted by Gasteiger charge is -2.38. The van der Waals surface area contributed by atoms with Crippen molar-refractivity contribution < 1.29 is 14.3 Å². The fraction of sp³-hybridized carbons (Fsp3) is 0.364. The SMILES string of the molecule is O=C1N[C@@H]2CCN(C(=O)c3cnccn3)C[C@@H]2C/C=C/CCOc2ccccc21. The molecule has 0 aliphatic carbocycles. The molecule has 0 bridgehead atoms. The van der Waals surface area contributed by atoms with Gasteiger partial charge in [-0.2, -0.15) is 0 Å². The van der Waals surface area contributed by atoms with E-state index in [1.807, 2.05) is 23.1 Å². The number of hydrogen-bond donors (Lipinski definition) is 1. The Morgan fingerprint density at radius 3 is 2.97 bits per heavy atom. The number of likely N-dealkylation sites (tertiary alicyclic amines) is 1. The van der Waals surface area contributed by atoms with E-state index in [0.717, 1.165) is 12.8 Å². The molecule has 7 heteroatoms. The van der Waals surface area contributed by atoms with Gasteiger partial charge in [-0.15, -0.1) is 0 Å². The minimum absolute atomic E-state index is 0.00876. The number of hydrogen-bond acceptors (Lipinski definition) is 5. The van der Waals surface area contributed by atoms with Crippen molar-refractivity contribution in [3.63, 3.8) is 0 Å². The van der Waals surface area contributed by atoms with E-state index < -0.39 is 0 Å². The van der Waals surface area contributed by atoms with Crippen LogP contribution in [0.4, 0.5) is 0 Å². The Morgan fingerprint density at radius 1 is 1.21 bits per heavy atom. The van der Waals surface area contributed by atoms with Gasteiger partial charge in [0.25, 0.3) is 11.8 Å². The highest BCUT2D eigenvalue weighted by atomic mass is 16.5. The maximum atomic E-state index is 12.9. The third-order valence-corrected chi connectivity index (χ3v) is 5.40. The van der Waals surface area contributed by atoms with Crippen LogP contribution in [0.3, 0.4) is 0 Å². The number of carbonyl (C=O) groups is 2. The monoisotopic (exact) mass is 392 g/mol. The van der Waals surface area contributed by atoms with Crippen molar-refractivity contribution in [3.05, 3.63) is 66.3 Å². The zero-order valence-corrected chi connectivity index (χ0v) is 16.2. The number of benzene rings is 1. The summed E-state index contributed by atoms with van der Waals surface area (Å²) in [6.07, 6.45) is 11.1. The Balaban J connectivity index is 1.53. The van der Waals surface area contributed by atoms with Crippen molar-refractivity contribution in [3.8, 4) is 5.75 Å². The second-order valence-corrected chi connectivity index (χ2v) is 7.31. The molecule has 2 aliphatic heterocycles. The van der Waals surface area contributed by atoms with E-state index in [-0.39, 0.29) is 23.8 Å². The lowest BCUT2D eigenvalue weighted by atomic mass is 9.88. The van der Waals surface area contributed by atoms with Crippen LogP contribution in [0.15, 0.2) is 55.0 Å². The predicted molar refractivity (Wildman–Crippen MR) is 108 cm³/mol. The lowest BCUT2D eigenvalue weighted by molar-refractivity contribution is 0.0613. The molecule has 1 aromatic carbocycles. The van der Waals surface area contributed by atoms with Crippen LogP contribution in [0.2, 0.25) is 0 Å². The van der Waals surface area contributed by atoms with E-state index in [9.17, 15) is 9.59 Å². The van der Waals surface area contributed by atoms with Gasteiger partial charge in [-0.25, -0.2) is 4.98 Å². The van der Waals surface area contributed by atoms with Gasteiger partial charge >= 0.3 is 0 Å². The number of rotatable bonds is 1. The maximum Gasteiger partial charge on any atom is 0.274 e. The van der Waals surface area contributed by atoms with Crippen molar-refractivity contribution in [2.75, 3.05) is 19.7 Å². The molecule has 2 aromatic rings. The molecule has 0 unspecified atom stereocenters. The first-order chi connectivity index (χ1) is 14.2. The zero-order valence-electron chi connectivity index (χ0n) is 16.2. The standard InChI is InChI=1S/C22H24N4O3/c27-21-17-7-3-4-8-20(17)29-13-5-1-2-6-16-15-26(12-9-18(16)25-21)22(28)19-14-23-10-11-24-19/h1-4,7-8,10-11,14,16,18H,5-6,9,12-13,15H2,(H,25,27)/b2-1+/t16-,18+/m0/s1. The Labute approximate surface area is 169 Å². The van der Waals surface area contributed by atoms with Crippen molar-refractivity contribution in [1.29, 1.82) is 0 Å². The zero-order chi connectivity index (χ0) is 20.1. The number of aromatic nitrogens is 2. The highest BCUT2D eigenvalue weighted by molar-refractivity contribution is 5.97. The molecular formula is C22H24N4O3. The van der Waals surface area contributed by atoms with Crippen LogP contribution < -0.4 is 10.1 Å². The van der Waals surface area contributed by atoms with Gasteiger partial charge in [0.1, 0.15) is 11.4 Å². The van der Waals surface area contributed by atoms with E-state index >= 15 is 0 Å². The fourth-order valence-corrected chi connectivity index (χ4v) is 3.87. The number of para-hydroxylation sites is 1. The number of nitrogens with one attached hydrogen (secondary N) is 1. The van der Waals surface area contributed by atoms with Crippen LogP contribution in [0, 0.1) is 5.92 Å². The minimum Gasteiger partial charge on any atom is -0.492 e. The van der Waals surface area contributed by atoms with E-state index in [1.54, 1.807) is 12.3 Å². The minimum atomic E-state index is -0.131. The average Bonchev–Trinajstić information content (AvgIpc) is 2.76. The summed E-state index contributed by atoms with van der Waals surface area (Å²) in [6, 6.07) is 7.31. The first-order valence-electron chi connectivity index (χ1n) is 9.95. The Hall–Kier alpha value is -3.22. The smallest absolute Gasteiger partial charge is 0.274 e. The molecule has 0 spiro atoms. The first-order valence-corrected chi connectivity index (χ1v) is 9.95. The summed E-state index contributed by atoms with van der Waals surface area (Å²) in [5, 5.41) is 3.17. The number of allylic oxidation sites excluding steroid dienone is 1. The number of fused-ring (bicyclic) bond motifs is 2. The molecule has 29 heavy (non-hydrogen) atoms. The van der Waals surface area contributed by atoms with Crippen molar-refractivity contribution in [1.82, 2.24) is 20.2 Å². The normalized spacial score (nSPS) is 23.3. The Bertz CT molecular complexity index is 900. The molecule has 2 aliphatic rings. The molecule has 0 radical (unpaired) electrons. The summed E-state index contributed by atoms with van der Waals surface area (Å²) in [5.41, 5.74) is 0.902. The van der Waals surface area contributed by atoms with Gasteiger partial charge in [-0.05, 0) is 31.4 Å². The van der Waals surface area contributed by atoms with Crippen molar-refractivity contribution in [2.45, 2.75) is 25.3 Å². The summed E-state index contributed by atoms with van der Waals surface area (Å²) in [7, 11) is 0. The summed E-state index contributed by atoms with van der Waals surface area (Å²) < 4.78 is 5.79. The van der Waals surface area contributed by atoms with Crippen LogP contribution >= 0.6 is 0 Å². The molecule has 0 saturated carbocycles. The van der Waals surface area contributed by atoms with Gasteiger partial charge in [-0.3, -0.25) is 14.6 Å². The van der Waals surface area contributed by atoms with Gasteiger partial charge in [0.05, 0.1) is 18.4 Å². The van der Waals surface area contributed by atoms with Gasteiger partial charge in [0.2, 0.25) is 0 Å². The lowest BCUT2D eigenvalue weighted by Crippen LogP contribution is -2.52. The summed E-state index contributed by atoms with van der Waals surface area (Å²) in [6.45, 7) is 1.66. The fourth-order valence-electron chi connectivity index (χ4n) is 3.87. The molecule has 2 atom stereocenters. The second-order valence-electron chi connectivity index (χ2n) is 7.31. The summed E-state index contributed by atoms with van der Waals surface area (Å²) >= 11 is 0. The molecule has 3 heterocycles. The second kappa shape index (κ2) is 8.86. The average molecular weight is 392 g/mol. The molecule has 150 valence electrons. The molecule has 2 amide bonds. The van der Waals surface area contributed by atoms with Gasteiger partial charge in [0, 0.05) is 37.4 Å². The number of nitrogens with zero attached hydrogens (tertiary/aromatic N) is 3. The highest BCUT2D eigenvalue weighted by Gasteiger charge is 2.33. The van der Waals surface area contributed by atoms with Crippen LogP contribution in [0.25, 0.3) is 0 Å². The van der Waals surface area contributed by atoms with Gasteiger partial charge in [-0.1, -0.05) is 24.3 Å². The highest BCUT2D eigenvalue weighted by Crippen LogP contribution is 2.25. The first kappa shape index (κ1) is 19.1. The Kier molecular flexibility index (Phi) is 5.84. The maximum absolute atomic E-state index is 12.9. The third kappa shape index (κ3) is 4.45. The number of ether oxygens (including phenoxy) is 1. The van der Waals surface area contributed by atoms with Gasteiger partial charge < -0.3 is 15.0 Å². The predicted octanol–water partition coefficient (Wildman–Crippen LogP) is 2.47. The van der Waals surface area contributed by atoms with E-state index in [1.165, 1.54) is 12.4 Å². The molecular weight excluding hydrogens is 368 g/mol. The number of amides is 2. The van der Waals surface area contributed by atoms with Gasteiger partial charge in [0.15, 0.2) is 0 Å². The molecule has 1 fully saturated rings. The van der Waals surface area contributed by atoms with Crippen LogP contribution in [0.1, 0.15) is 40.1 Å². The molecule has 1 saturated heterocycles. The Morgan fingerprint density at radius 2 is 2.10 bits per heavy atom. The van der Waals surface area contributed by atoms with E-state index in [2.05, 4.69) is 27.4 Å². The summed E-state index contributed by atoms with van der Waals surface area (Å²) in [5.74, 6) is 0.494. The van der Waals surface area contributed by atoms with E-state index in [4.69, 9.17) is 4.74 Å². The third-order valence-electron chi connectivity index (χ3n) is 5.40.